The maximum Gasteiger partial charge on any atom is 0.336 e. The molecule has 1 rings (SSSR count). The zero-order chi connectivity index (χ0) is 9.68. The van der Waals surface area contributed by atoms with Gasteiger partial charge in [0.2, 0.25) is 0 Å². The number of aliphatic carboxylic acids is 1. The molecule has 3 nitrogen and oxygen atoms in total. The highest BCUT2D eigenvalue weighted by molar-refractivity contribution is 6.18. The van der Waals surface area contributed by atoms with Gasteiger partial charge in [-0.15, -0.1) is 0 Å². The second kappa shape index (κ2) is 4.21. The van der Waals surface area contributed by atoms with Crippen LogP contribution in [0.3, 0.4) is 0 Å². The average molecular weight is 176 g/mol. The van der Waals surface area contributed by atoms with Crippen LogP contribution in [0.1, 0.15) is 5.56 Å². The minimum atomic E-state index is -1.10. The maximum absolute atomic E-state index is 10.7. The molecule has 1 N–H and O–H groups in total. The van der Waals surface area contributed by atoms with Gasteiger partial charge in [0, 0.05) is 0 Å². The number of benzene rings is 1. The third-order valence-electron chi connectivity index (χ3n) is 1.55. The first-order chi connectivity index (χ1) is 6.25. The summed E-state index contributed by atoms with van der Waals surface area (Å²) in [5.74, 6) is -1.10. The number of allylic oxidation sites excluding steroid dienone is 1. The van der Waals surface area contributed by atoms with Crippen LogP contribution in [-0.2, 0) is 9.59 Å². The minimum Gasteiger partial charge on any atom is -0.478 e. The van der Waals surface area contributed by atoms with Gasteiger partial charge in [-0.2, -0.15) is 0 Å². The van der Waals surface area contributed by atoms with Crippen LogP contribution in [0.2, 0.25) is 0 Å². The summed E-state index contributed by atoms with van der Waals surface area (Å²) in [7, 11) is 0. The van der Waals surface area contributed by atoms with Crippen molar-refractivity contribution < 1.29 is 14.7 Å². The van der Waals surface area contributed by atoms with Crippen molar-refractivity contribution in [3.63, 3.8) is 0 Å². The molecule has 0 heterocycles. The monoisotopic (exact) mass is 176 g/mol. The Morgan fingerprint density at radius 1 is 1.23 bits per heavy atom. The van der Waals surface area contributed by atoms with E-state index in [2.05, 4.69) is 0 Å². The number of rotatable bonds is 3. The second-order valence-electron chi connectivity index (χ2n) is 2.39. The predicted octanol–water partition coefficient (Wildman–Crippen LogP) is 1.35. The SMILES string of the molecule is O=C/C=C(/C(=O)O)c1ccccc1. The molecule has 0 aromatic heterocycles. The molecule has 0 bridgehead atoms. The molecule has 0 aliphatic carbocycles. The highest BCUT2D eigenvalue weighted by atomic mass is 16.4. The van der Waals surface area contributed by atoms with E-state index in [4.69, 9.17) is 5.11 Å². The zero-order valence-electron chi connectivity index (χ0n) is 6.81. The summed E-state index contributed by atoms with van der Waals surface area (Å²) < 4.78 is 0. The zero-order valence-corrected chi connectivity index (χ0v) is 6.81. The van der Waals surface area contributed by atoms with Gasteiger partial charge in [-0.05, 0) is 11.6 Å². The summed E-state index contributed by atoms with van der Waals surface area (Å²) in [6, 6.07) is 8.50. The molecule has 0 amide bonds. The lowest BCUT2D eigenvalue weighted by atomic mass is 10.1. The van der Waals surface area contributed by atoms with Crippen LogP contribution in [0.5, 0.6) is 0 Å². The Morgan fingerprint density at radius 2 is 1.85 bits per heavy atom. The van der Waals surface area contributed by atoms with Gasteiger partial charge in [-0.1, -0.05) is 30.3 Å². The van der Waals surface area contributed by atoms with Gasteiger partial charge in [0.25, 0.3) is 0 Å². The number of carbonyl (C=O) groups excluding carboxylic acids is 1. The van der Waals surface area contributed by atoms with Crippen LogP contribution in [0.4, 0.5) is 0 Å². The summed E-state index contributed by atoms with van der Waals surface area (Å²) in [5, 5.41) is 8.73. The Labute approximate surface area is 75.3 Å². The summed E-state index contributed by atoms with van der Waals surface area (Å²) >= 11 is 0. The van der Waals surface area contributed by atoms with Crippen LogP contribution >= 0.6 is 0 Å². The van der Waals surface area contributed by atoms with E-state index in [1.807, 2.05) is 0 Å². The van der Waals surface area contributed by atoms with Crippen molar-refractivity contribution in [2.45, 2.75) is 0 Å². The molecule has 0 radical (unpaired) electrons. The van der Waals surface area contributed by atoms with Gasteiger partial charge in [-0.3, -0.25) is 4.79 Å². The standard InChI is InChI=1S/C10H8O3/c11-7-6-9(10(12)13)8-4-2-1-3-5-8/h1-7H,(H,12,13)/b9-6+. The molecule has 0 spiro atoms. The molecule has 0 atom stereocenters. The van der Waals surface area contributed by atoms with E-state index in [9.17, 15) is 9.59 Å². The Balaban J connectivity index is 3.10. The Morgan fingerprint density at radius 3 is 2.31 bits per heavy atom. The highest BCUT2D eigenvalue weighted by Gasteiger charge is 2.08. The Kier molecular flexibility index (Phi) is 2.97. The summed E-state index contributed by atoms with van der Waals surface area (Å²) in [6.07, 6.45) is 1.51. The fraction of sp³-hybridized carbons (Fsp3) is 0. The molecule has 1 aromatic carbocycles. The van der Waals surface area contributed by atoms with Gasteiger partial charge in [-0.25, -0.2) is 4.79 Å². The van der Waals surface area contributed by atoms with Crippen molar-refractivity contribution in [2.24, 2.45) is 0 Å². The van der Waals surface area contributed by atoms with Gasteiger partial charge in [0.15, 0.2) is 0 Å². The molecule has 66 valence electrons. The topological polar surface area (TPSA) is 54.4 Å². The molecule has 3 heteroatoms. The van der Waals surface area contributed by atoms with Crippen molar-refractivity contribution >= 4 is 17.8 Å². The van der Waals surface area contributed by atoms with E-state index in [0.29, 0.717) is 11.8 Å². The summed E-state index contributed by atoms with van der Waals surface area (Å²) in [6.45, 7) is 0. The van der Waals surface area contributed by atoms with Gasteiger partial charge < -0.3 is 5.11 Å². The molecule has 0 fully saturated rings. The summed E-state index contributed by atoms with van der Waals surface area (Å²) in [5.41, 5.74) is 0.540. The molecular weight excluding hydrogens is 168 g/mol. The third-order valence-corrected chi connectivity index (χ3v) is 1.55. The average Bonchev–Trinajstić information content (AvgIpc) is 2.15. The predicted molar refractivity (Wildman–Crippen MR) is 48.1 cm³/mol. The van der Waals surface area contributed by atoms with Crippen LogP contribution < -0.4 is 0 Å². The number of hydrogen-bond donors (Lipinski definition) is 1. The molecular formula is C10H8O3. The van der Waals surface area contributed by atoms with Crippen LogP contribution in [0.15, 0.2) is 36.4 Å². The molecule has 0 saturated heterocycles. The fourth-order valence-corrected chi connectivity index (χ4v) is 0.977. The summed E-state index contributed by atoms with van der Waals surface area (Å²) in [4.78, 5) is 20.8. The molecule has 0 aliphatic heterocycles. The molecule has 0 unspecified atom stereocenters. The van der Waals surface area contributed by atoms with Gasteiger partial charge in [0.05, 0.1) is 5.57 Å². The third kappa shape index (κ3) is 2.27. The number of aldehydes is 1. The number of hydrogen-bond acceptors (Lipinski definition) is 2. The minimum absolute atomic E-state index is 0.00981. The molecule has 0 saturated carbocycles. The van der Waals surface area contributed by atoms with Crippen molar-refractivity contribution in [3.8, 4) is 0 Å². The Hall–Kier alpha value is -1.90. The van der Waals surface area contributed by atoms with Gasteiger partial charge >= 0.3 is 5.97 Å². The first-order valence-corrected chi connectivity index (χ1v) is 3.70. The van der Waals surface area contributed by atoms with E-state index in [0.717, 1.165) is 6.08 Å². The first-order valence-electron chi connectivity index (χ1n) is 3.70. The van der Waals surface area contributed by atoms with E-state index in [1.54, 1.807) is 30.3 Å². The van der Waals surface area contributed by atoms with Crippen LogP contribution in [0.25, 0.3) is 5.57 Å². The molecule has 13 heavy (non-hydrogen) atoms. The largest absolute Gasteiger partial charge is 0.478 e. The second-order valence-corrected chi connectivity index (χ2v) is 2.39. The van der Waals surface area contributed by atoms with Crippen molar-refractivity contribution in [2.75, 3.05) is 0 Å². The Bertz CT molecular complexity index is 338. The highest BCUT2D eigenvalue weighted by Crippen LogP contribution is 2.12. The lowest BCUT2D eigenvalue weighted by molar-refractivity contribution is -0.130. The van der Waals surface area contributed by atoms with Crippen molar-refractivity contribution in [3.05, 3.63) is 42.0 Å². The van der Waals surface area contributed by atoms with Crippen LogP contribution in [0, 0.1) is 0 Å². The normalized spacial score (nSPS) is 10.9. The van der Waals surface area contributed by atoms with E-state index in [-0.39, 0.29) is 5.57 Å². The first kappa shape index (κ1) is 9.19. The number of carboxylic acids is 1. The fourth-order valence-electron chi connectivity index (χ4n) is 0.977. The van der Waals surface area contributed by atoms with E-state index >= 15 is 0 Å². The smallest absolute Gasteiger partial charge is 0.336 e. The quantitative estimate of drug-likeness (QED) is 0.558. The van der Waals surface area contributed by atoms with Crippen molar-refractivity contribution in [1.82, 2.24) is 0 Å². The number of carbonyl (C=O) groups is 2. The van der Waals surface area contributed by atoms with Crippen molar-refractivity contribution in [1.29, 1.82) is 0 Å². The molecule has 1 aromatic rings. The molecule has 0 aliphatic rings. The lowest BCUT2D eigenvalue weighted by Gasteiger charge is -1.99. The lowest BCUT2D eigenvalue weighted by Crippen LogP contribution is -1.99. The van der Waals surface area contributed by atoms with Crippen LogP contribution in [-0.4, -0.2) is 17.4 Å². The van der Waals surface area contributed by atoms with Gasteiger partial charge in [0.1, 0.15) is 6.29 Å². The number of carboxylic acid groups (broad SMARTS) is 1. The van der Waals surface area contributed by atoms with E-state index in [1.165, 1.54) is 0 Å². The van der Waals surface area contributed by atoms with E-state index < -0.39 is 5.97 Å². The maximum atomic E-state index is 10.7.